The van der Waals surface area contributed by atoms with Crippen molar-refractivity contribution >= 4 is 34.9 Å². The number of nitro groups is 1. The quantitative estimate of drug-likeness (QED) is 0.343. The smallest absolute Gasteiger partial charge is 0.343 e. The highest BCUT2D eigenvalue weighted by Crippen LogP contribution is 2.38. The third-order valence-corrected chi connectivity index (χ3v) is 4.86. The summed E-state index contributed by atoms with van der Waals surface area (Å²) >= 11 is 7.10. The molecule has 1 aromatic heterocycles. The van der Waals surface area contributed by atoms with Gasteiger partial charge in [-0.3, -0.25) is 10.1 Å². The highest BCUT2D eigenvalue weighted by atomic mass is 35.5. The van der Waals surface area contributed by atoms with Gasteiger partial charge in [0.2, 0.25) is 5.82 Å². The SMILES string of the molecule is CN(Cc1ccccc1)c1ncnc(Sc2ccc(Cl)cc2)c1[N+](=O)[O-]. The van der Waals surface area contributed by atoms with Crippen LogP contribution in [0.1, 0.15) is 5.56 Å². The average molecular weight is 387 g/mol. The van der Waals surface area contributed by atoms with E-state index in [-0.39, 0.29) is 11.5 Å². The molecule has 26 heavy (non-hydrogen) atoms. The molecule has 6 nitrogen and oxygen atoms in total. The summed E-state index contributed by atoms with van der Waals surface area (Å²) in [7, 11) is 1.78. The second-order valence-electron chi connectivity index (χ2n) is 5.51. The van der Waals surface area contributed by atoms with Crippen LogP contribution in [-0.2, 0) is 6.54 Å². The van der Waals surface area contributed by atoms with Gasteiger partial charge in [-0.25, -0.2) is 9.97 Å². The van der Waals surface area contributed by atoms with E-state index in [4.69, 9.17) is 11.6 Å². The summed E-state index contributed by atoms with van der Waals surface area (Å²) in [5, 5.41) is 12.6. The van der Waals surface area contributed by atoms with Crippen LogP contribution in [0.4, 0.5) is 11.5 Å². The molecule has 0 aliphatic rings. The highest BCUT2D eigenvalue weighted by Gasteiger charge is 2.26. The van der Waals surface area contributed by atoms with Crippen LogP contribution >= 0.6 is 23.4 Å². The van der Waals surface area contributed by atoms with Gasteiger partial charge < -0.3 is 4.90 Å². The Kier molecular flexibility index (Phi) is 5.70. The predicted octanol–water partition coefficient (Wildman–Crippen LogP) is 4.83. The van der Waals surface area contributed by atoms with E-state index in [1.165, 1.54) is 18.1 Å². The van der Waals surface area contributed by atoms with Crippen LogP contribution in [0.15, 0.2) is 70.8 Å². The van der Waals surface area contributed by atoms with Gasteiger partial charge in [0.05, 0.1) is 4.92 Å². The standard InChI is InChI=1S/C18H15ClN4O2S/c1-22(11-13-5-3-2-4-6-13)17-16(23(24)25)18(21-12-20-17)26-15-9-7-14(19)8-10-15/h2-10,12H,11H2,1H3. The number of nitrogens with zero attached hydrogens (tertiary/aromatic N) is 4. The van der Waals surface area contributed by atoms with E-state index >= 15 is 0 Å². The topological polar surface area (TPSA) is 72.2 Å². The van der Waals surface area contributed by atoms with E-state index in [0.717, 1.165) is 10.5 Å². The molecule has 0 saturated carbocycles. The summed E-state index contributed by atoms with van der Waals surface area (Å²) in [5.74, 6) is 0.283. The zero-order valence-corrected chi connectivity index (χ0v) is 15.4. The molecule has 3 rings (SSSR count). The molecule has 0 fully saturated rings. The van der Waals surface area contributed by atoms with Gasteiger partial charge in [-0.1, -0.05) is 53.7 Å². The fourth-order valence-electron chi connectivity index (χ4n) is 2.41. The molecule has 132 valence electrons. The van der Waals surface area contributed by atoms with Crippen molar-refractivity contribution in [2.45, 2.75) is 16.5 Å². The van der Waals surface area contributed by atoms with Crippen molar-refractivity contribution in [3.05, 3.63) is 81.6 Å². The van der Waals surface area contributed by atoms with Crippen molar-refractivity contribution < 1.29 is 4.92 Å². The Bertz CT molecular complexity index is 907. The number of aromatic nitrogens is 2. The minimum absolute atomic E-state index is 0.106. The monoisotopic (exact) mass is 386 g/mol. The molecular weight excluding hydrogens is 372 g/mol. The molecule has 8 heteroatoms. The molecule has 2 aromatic carbocycles. The molecule has 0 aliphatic heterocycles. The number of anilines is 1. The van der Waals surface area contributed by atoms with Crippen LogP contribution in [0.5, 0.6) is 0 Å². The largest absolute Gasteiger partial charge is 0.349 e. The maximum atomic E-state index is 11.7. The summed E-state index contributed by atoms with van der Waals surface area (Å²) in [5.41, 5.74) is 0.931. The molecule has 0 radical (unpaired) electrons. The van der Waals surface area contributed by atoms with Crippen LogP contribution in [0.2, 0.25) is 5.02 Å². The Hall–Kier alpha value is -2.64. The van der Waals surface area contributed by atoms with Crippen LogP contribution in [0.3, 0.4) is 0 Å². The molecule has 1 heterocycles. The molecule has 0 unspecified atom stereocenters. The van der Waals surface area contributed by atoms with E-state index < -0.39 is 4.92 Å². The van der Waals surface area contributed by atoms with E-state index in [1.54, 1.807) is 36.2 Å². The minimum Gasteiger partial charge on any atom is -0.349 e. The Morgan fingerprint density at radius 2 is 1.81 bits per heavy atom. The molecular formula is C18H15ClN4O2S. The third kappa shape index (κ3) is 4.30. The lowest BCUT2D eigenvalue weighted by Crippen LogP contribution is -2.19. The first-order chi connectivity index (χ1) is 12.5. The van der Waals surface area contributed by atoms with Gasteiger partial charge >= 0.3 is 5.69 Å². The number of benzene rings is 2. The van der Waals surface area contributed by atoms with E-state index in [2.05, 4.69) is 9.97 Å². The van der Waals surface area contributed by atoms with Gasteiger partial charge in [0.25, 0.3) is 0 Å². The maximum Gasteiger partial charge on any atom is 0.343 e. The fourth-order valence-corrected chi connectivity index (χ4v) is 3.40. The maximum absolute atomic E-state index is 11.7. The van der Waals surface area contributed by atoms with E-state index in [1.807, 2.05) is 30.3 Å². The number of hydrogen-bond acceptors (Lipinski definition) is 6. The Morgan fingerprint density at radius 1 is 1.12 bits per heavy atom. The molecule has 0 N–H and O–H groups in total. The van der Waals surface area contributed by atoms with Crippen LogP contribution in [0.25, 0.3) is 0 Å². The van der Waals surface area contributed by atoms with Crippen molar-refractivity contribution in [3.63, 3.8) is 0 Å². The van der Waals surface area contributed by atoms with Gasteiger partial charge in [0, 0.05) is 23.5 Å². The van der Waals surface area contributed by atoms with Crippen molar-refractivity contribution in [1.29, 1.82) is 0 Å². The Labute approximate surface area is 160 Å². The Balaban J connectivity index is 1.93. The normalized spacial score (nSPS) is 10.5. The second-order valence-corrected chi connectivity index (χ2v) is 7.00. The zero-order chi connectivity index (χ0) is 18.5. The average Bonchev–Trinajstić information content (AvgIpc) is 2.64. The number of rotatable bonds is 6. The van der Waals surface area contributed by atoms with E-state index in [9.17, 15) is 10.1 Å². The first kappa shape index (κ1) is 18.2. The molecule has 0 atom stereocenters. The van der Waals surface area contributed by atoms with Gasteiger partial charge in [0.1, 0.15) is 6.33 Å². The summed E-state index contributed by atoms with van der Waals surface area (Å²) in [6.07, 6.45) is 1.35. The Morgan fingerprint density at radius 3 is 2.46 bits per heavy atom. The minimum atomic E-state index is -0.435. The van der Waals surface area contributed by atoms with Crippen molar-refractivity contribution in [1.82, 2.24) is 9.97 Å². The number of hydrogen-bond donors (Lipinski definition) is 0. The van der Waals surface area contributed by atoms with Crippen LogP contribution in [-0.4, -0.2) is 21.9 Å². The lowest BCUT2D eigenvalue weighted by Gasteiger charge is -2.18. The second kappa shape index (κ2) is 8.16. The highest BCUT2D eigenvalue weighted by molar-refractivity contribution is 7.99. The van der Waals surface area contributed by atoms with E-state index in [0.29, 0.717) is 16.6 Å². The first-order valence-electron chi connectivity index (χ1n) is 7.72. The molecule has 0 saturated heterocycles. The molecule has 3 aromatic rings. The zero-order valence-electron chi connectivity index (χ0n) is 13.9. The lowest BCUT2D eigenvalue weighted by atomic mass is 10.2. The lowest BCUT2D eigenvalue weighted by molar-refractivity contribution is -0.387. The van der Waals surface area contributed by atoms with Crippen molar-refractivity contribution in [2.75, 3.05) is 11.9 Å². The molecule has 0 aliphatic carbocycles. The number of halogens is 1. The summed E-state index contributed by atoms with van der Waals surface area (Å²) < 4.78 is 0. The van der Waals surface area contributed by atoms with Gasteiger partial charge in [-0.05, 0) is 29.8 Å². The third-order valence-electron chi connectivity index (χ3n) is 3.60. The summed E-state index contributed by atoms with van der Waals surface area (Å²) in [4.78, 5) is 22.1. The van der Waals surface area contributed by atoms with Gasteiger partial charge in [-0.15, -0.1) is 0 Å². The predicted molar refractivity (Wildman–Crippen MR) is 103 cm³/mol. The first-order valence-corrected chi connectivity index (χ1v) is 8.92. The fraction of sp³-hybridized carbons (Fsp3) is 0.111. The summed E-state index contributed by atoms with van der Waals surface area (Å²) in [6, 6.07) is 16.8. The van der Waals surface area contributed by atoms with Crippen LogP contribution < -0.4 is 4.90 Å². The molecule has 0 spiro atoms. The van der Waals surface area contributed by atoms with Crippen molar-refractivity contribution in [3.8, 4) is 0 Å². The molecule has 0 amide bonds. The van der Waals surface area contributed by atoms with Crippen LogP contribution in [0, 0.1) is 10.1 Å². The van der Waals surface area contributed by atoms with Crippen molar-refractivity contribution in [2.24, 2.45) is 0 Å². The summed E-state index contributed by atoms with van der Waals surface area (Å²) in [6.45, 7) is 0.504. The van der Waals surface area contributed by atoms with Gasteiger partial charge in [0.15, 0.2) is 5.03 Å². The van der Waals surface area contributed by atoms with Gasteiger partial charge in [-0.2, -0.15) is 0 Å². The molecule has 0 bridgehead atoms.